The molecule has 174 valence electrons. The molecule has 0 saturated carbocycles. The van der Waals surface area contributed by atoms with Gasteiger partial charge in [0.15, 0.2) is 12.0 Å². The highest BCUT2D eigenvalue weighted by Crippen LogP contribution is 2.19. The Labute approximate surface area is 196 Å². The third kappa shape index (κ3) is 4.78. The van der Waals surface area contributed by atoms with E-state index in [0.717, 1.165) is 35.2 Å². The molecule has 0 bridgehead atoms. The zero-order chi connectivity index (χ0) is 24.2. The van der Waals surface area contributed by atoms with Crippen molar-refractivity contribution in [2.45, 2.75) is 26.8 Å². The molecule has 34 heavy (non-hydrogen) atoms. The molecule has 4 rings (SSSR count). The molecular weight excluding hydrogens is 434 g/mol. The number of carbonyl (C=O) groups excluding carboxylic acids is 2. The zero-order valence-electron chi connectivity index (χ0n) is 19.3. The van der Waals surface area contributed by atoms with Gasteiger partial charge in [0.25, 0.3) is 0 Å². The standard InChI is InChI=1S/C27H25NO6/c1-17-14-22(18(2)28(17)13-12-19-8-10-20(32-3)11-9-19)24(30)16-33-27(31)26-15-23(29)21-6-4-5-7-25(21)34-26/h4-11,14-15H,12-13,16H2,1-3H3. The molecule has 0 radical (unpaired) electrons. The second kappa shape index (κ2) is 9.79. The summed E-state index contributed by atoms with van der Waals surface area (Å²) >= 11 is 0. The number of methoxy groups -OCH3 is 1. The van der Waals surface area contributed by atoms with E-state index in [4.69, 9.17) is 13.9 Å². The fourth-order valence-corrected chi connectivity index (χ4v) is 3.95. The molecule has 0 spiro atoms. The van der Waals surface area contributed by atoms with Gasteiger partial charge in [-0.2, -0.15) is 0 Å². The number of aryl methyl sites for hydroxylation is 2. The Hall–Kier alpha value is -4.13. The monoisotopic (exact) mass is 459 g/mol. The largest absolute Gasteiger partial charge is 0.497 e. The highest BCUT2D eigenvalue weighted by atomic mass is 16.5. The molecule has 2 heterocycles. The molecule has 2 aromatic carbocycles. The fourth-order valence-electron chi connectivity index (χ4n) is 3.95. The lowest BCUT2D eigenvalue weighted by Crippen LogP contribution is -2.16. The van der Waals surface area contributed by atoms with Gasteiger partial charge in [0, 0.05) is 29.6 Å². The minimum atomic E-state index is -0.857. The lowest BCUT2D eigenvalue weighted by atomic mass is 10.1. The van der Waals surface area contributed by atoms with Crippen molar-refractivity contribution in [1.82, 2.24) is 4.57 Å². The van der Waals surface area contributed by atoms with Crippen molar-refractivity contribution in [3.05, 3.63) is 99.2 Å². The Morgan fingerprint density at radius 1 is 1.00 bits per heavy atom. The van der Waals surface area contributed by atoms with E-state index in [1.54, 1.807) is 37.4 Å². The number of ketones is 1. The van der Waals surface area contributed by atoms with Crippen LogP contribution >= 0.6 is 0 Å². The zero-order valence-corrected chi connectivity index (χ0v) is 19.3. The second-order valence-corrected chi connectivity index (χ2v) is 8.00. The average molecular weight is 459 g/mol. The Bertz CT molecular complexity index is 1410. The van der Waals surface area contributed by atoms with Gasteiger partial charge in [-0.15, -0.1) is 0 Å². The minimum absolute atomic E-state index is 0.235. The van der Waals surface area contributed by atoms with Crippen LogP contribution in [0.3, 0.4) is 0 Å². The molecule has 0 fully saturated rings. The number of fused-ring (bicyclic) bond motifs is 1. The van der Waals surface area contributed by atoms with E-state index in [9.17, 15) is 14.4 Å². The molecule has 0 aliphatic carbocycles. The number of aromatic nitrogens is 1. The quantitative estimate of drug-likeness (QED) is 0.285. The van der Waals surface area contributed by atoms with Crippen molar-refractivity contribution in [3.8, 4) is 5.75 Å². The number of nitrogens with zero attached hydrogens (tertiary/aromatic N) is 1. The van der Waals surface area contributed by atoms with Gasteiger partial charge in [-0.25, -0.2) is 4.79 Å². The molecule has 0 aliphatic rings. The maximum Gasteiger partial charge on any atom is 0.374 e. The summed E-state index contributed by atoms with van der Waals surface area (Å²) in [5, 5.41) is 0.372. The van der Waals surface area contributed by atoms with E-state index < -0.39 is 12.6 Å². The van der Waals surface area contributed by atoms with Crippen LogP contribution in [0.15, 0.2) is 69.9 Å². The van der Waals surface area contributed by atoms with Gasteiger partial charge >= 0.3 is 5.97 Å². The van der Waals surface area contributed by atoms with Crippen molar-refractivity contribution >= 4 is 22.7 Å². The molecule has 0 unspecified atom stereocenters. The van der Waals surface area contributed by atoms with Gasteiger partial charge in [0.05, 0.1) is 12.5 Å². The number of hydrogen-bond acceptors (Lipinski definition) is 6. The predicted molar refractivity (Wildman–Crippen MR) is 128 cm³/mol. The van der Waals surface area contributed by atoms with Gasteiger partial charge in [-0.3, -0.25) is 9.59 Å². The number of hydrogen-bond donors (Lipinski definition) is 0. The number of ether oxygens (including phenoxy) is 2. The summed E-state index contributed by atoms with van der Waals surface area (Å²) in [6.45, 7) is 4.07. The average Bonchev–Trinajstić information content (AvgIpc) is 3.14. The molecule has 4 aromatic rings. The van der Waals surface area contributed by atoms with Crippen molar-refractivity contribution in [3.63, 3.8) is 0 Å². The number of para-hydroxylation sites is 1. The molecule has 2 aromatic heterocycles. The minimum Gasteiger partial charge on any atom is -0.497 e. The van der Waals surface area contributed by atoms with Crippen molar-refractivity contribution in [2.75, 3.05) is 13.7 Å². The topological polar surface area (TPSA) is 87.7 Å². The summed E-state index contributed by atoms with van der Waals surface area (Å²) in [6, 6.07) is 17.4. The van der Waals surface area contributed by atoms with Crippen molar-refractivity contribution in [1.29, 1.82) is 0 Å². The first-order chi connectivity index (χ1) is 16.4. The molecule has 7 nitrogen and oxygen atoms in total. The van der Waals surface area contributed by atoms with Crippen LogP contribution in [0, 0.1) is 13.8 Å². The summed E-state index contributed by atoms with van der Waals surface area (Å²) in [5.74, 6) is -0.603. The van der Waals surface area contributed by atoms with E-state index in [0.29, 0.717) is 17.5 Å². The second-order valence-electron chi connectivity index (χ2n) is 8.00. The van der Waals surface area contributed by atoms with Crippen LogP contribution in [0.1, 0.15) is 37.9 Å². The van der Waals surface area contributed by atoms with Gasteiger partial charge < -0.3 is 18.5 Å². The third-order valence-electron chi connectivity index (χ3n) is 5.83. The number of esters is 1. The van der Waals surface area contributed by atoms with Crippen LogP contribution in [0.2, 0.25) is 0 Å². The number of carbonyl (C=O) groups is 2. The normalized spacial score (nSPS) is 10.9. The molecule has 0 amide bonds. The maximum absolute atomic E-state index is 12.8. The van der Waals surface area contributed by atoms with Gasteiger partial charge in [-0.05, 0) is 56.2 Å². The van der Waals surface area contributed by atoms with Crippen LogP contribution in [0.4, 0.5) is 0 Å². The van der Waals surface area contributed by atoms with Gasteiger partial charge in [-0.1, -0.05) is 24.3 Å². The van der Waals surface area contributed by atoms with Crippen molar-refractivity contribution < 1.29 is 23.5 Å². The van der Waals surface area contributed by atoms with Crippen LogP contribution in [-0.4, -0.2) is 30.0 Å². The molecule has 0 aliphatic heterocycles. The summed E-state index contributed by atoms with van der Waals surface area (Å²) < 4.78 is 17.9. The Morgan fingerprint density at radius 2 is 1.74 bits per heavy atom. The molecular formula is C27H25NO6. The Morgan fingerprint density at radius 3 is 2.47 bits per heavy atom. The smallest absolute Gasteiger partial charge is 0.374 e. The van der Waals surface area contributed by atoms with E-state index in [-0.39, 0.29) is 22.6 Å². The van der Waals surface area contributed by atoms with Gasteiger partial charge in [0.2, 0.25) is 11.5 Å². The van der Waals surface area contributed by atoms with E-state index >= 15 is 0 Å². The first-order valence-electron chi connectivity index (χ1n) is 10.9. The highest BCUT2D eigenvalue weighted by Gasteiger charge is 2.19. The number of Topliss-reactive ketones (excluding diaryl/α,β-unsaturated/α-hetero) is 1. The Kier molecular flexibility index (Phi) is 6.63. The first kappa shape index (κ1) is 23.0. The van der Waals surface area contributed by atoms with Crippen LogP contribution < -0.4 is 10.2 Å². The summed E-state index contributed by atoms with van der Waals surface area (Å²) in [5.41, 5.74) is 3.35. The molecule has 7 heteroatoms. The molecule has 0 saturated heterocycles. The lowest BCUT2D eigenvalue weighted by molar-refractivity contribution is 0.0444. The number of benzene rings is 2. The van der Waals surface area contributed by atoms with Crippen LogP contribution in [0.25, 0.3) is 11.0 Å². The van der Waals surface area contributed by atoms with Crippen LogP contribution in [0.5, 0.6) is 5.75 Å². The maximum atomic E-state index is 12.8. The molecule has 0 N–H and O–H groups in total. The van der Waals surface area contributed by atoms with E-state index in [1.165, 1.54) is 0 Å². The van der Waals surface area contributed by atoms with Crippen LogP contribution in [-0.2, 0) is 17.7 Å². The predicted octanol–water partition coefficient (Wildman–Crippen LogP) is 4.50. The number of rotatable bonds is 8. The first-order valence-corrected chi connectivity index (χ1v) is 10.9. The summed E-state index contributed by atoms with van der Waals surface area (Å²) in [6.07, 6.45) is 0.796. The fraction of sp³-hybridized carbons (Fsp3) is 0.222. The Balaban J connectivity index is 1.42. The summed E-state index contributed by atoms with van der Waals surface area (Å²) in [7, 11) is 1.63. The molecule has 0 atom stereocenters. The summed E-state index contributed by atoms with van der Waals surface area (Å²) in [4.78, 5) is 37.4. The van der Waals surface area contributed by atoms with E-state index in [1.807, 2.05) is 38.1 Å². The van der Waals surface area contributed by atoms with E-state index in [2.05, 4.69) is 4.57 Å². The van der Waals surface area contributed by atoms with Crippen molar-refractivity contribution in [2.24, 2.45) is 0 Å². The highest BCUT2D eigenvalue weighted by molar-refractivity contribution is 6.00. The van der Waals surface area contributed by atoms with Gasteiger partial charge in [0.1, 0.15) is 11.3 Å². The third-order valence-corrected chi connectivity index (χ3v) is 5.83. The lowest BCUT2D eigenvalue weighted by Gasteiger charge is -2.10. The SMILES string of the molecule is COc1ccc(CCn2c(C)cc(C(=O)COC(=O)c3cc(=O)c4ccccc4o3)c2C)cc1.